The average molecular weight is 483 g/mol. The number of nitrogens with two attached hydrogens (primary N) is 1. The number of aliphatic hydroxyl groups excluding tert-OH is 1. The lowest BCUT2D eigenvalue weighted by molar-refractivity contribution is 0.195. The van der Waals surface area contributed by atoms with Gasteiger partial charge in [-0.05, 0) is 66.2 Å². The van der Waals surface area contributed by atoms with E-state index in [0.29, 0.717) is 6.54 Å². The lowest BCUT2D eigenvalue weighted by Gasteiger charge is -2.19. The highest BCUT2D eigenvalue weighted by molar-refractivity contribution is 9.14. The molecule has 0 bridgehead atoms. The third kappa shape index (κ3) is 2.65. The highest BCUT2D eigenvalue weighted by Crippen LogP contribution is 2.43. The normalized spacial score (nSPS) is 15.5. The van der Waals surface area contributed by atoms with E-state index in [1.54, 1.807) is 0 Å². The Bertz CT molecular complexity index is 701. The molecule has 0 aliphatic carbocycles. The summed E-state index contributed by atoms with van der Waals surface area (Å²) >= 11 is 10.9. The number of hydrogen-bond acceptors (Lipinski definition) is 4. The molecule has 2 heterocycles. The summed E-state index contributed by atoms with van der Waals surface area (Å²) in [5, 5.41) is 12.8. The fourth-order valence-corrected chi connectivity index (χ4v) is 4.39. The van der Waals surface area contributed by atoms with Gasteiger partial charge in [-0.1, -0.05) is 0 Å². The number of imidazole rings is 1. The standard InChI is InChI=1S/C13H15Br3N4O/c14-8-7-2-1-3-20-12(7)11(10(16)9(8)15)19-13(20)18-5-6(21)4-17/h6,21H,1-5,17H2,(H,18,19). The topological polar surface area (TPSA) is 76.1 Å². The molecule has 1 aromatic heterocycles. The molecule has 1 aliphatic heterocycles. The van der Waals surface area contributed by atoms with Crippen molar-refractivity contribution in [2.24, 2.45) is 5.73 Å². The molecular formula is C13H15Br3N4O. The fraction of sp³-hybridized carbons (Fsp3) is 0.462. The minimum Gasteiger partial charge on any atom is -0.390 e. The molecule has 5 nitrogen and oxygen atoms in total. The first-order valence-corrected chi connectivity index (χ1v) is 9.10. The Kier molecular flexibility index (Phi) is 4.61. The number of nitrogens with zero attached hydrogens (tertiary/aromatic N) is 2. The number of aliphatic hydroxyl groups is 1. The zero-order chi connectivity index (χ0) is 15.1. The van der Waals surface area contributed by atoms with Gasteiger partial charge in [0.15, 0.2) is 0 Å². The van der Waals surface area contributed by atoms with E-state index in [-0.39, 0.29) is 6.54 Å². The smallest absolute Gasteiger partial charge is 0.204 e. The van der Waals surface area contributed by atoms with E-state index in [1.165, 1.54) is 5.56 Å². The van der Waals surface area contributed by atoms with Crippen LogP contribution in [0.3, 0.4) is 0 Å². The molecule has 2 aromatic rings. The molecule has 114 valence electrons. The predicted molar refractivity (Wildman–Crippen MR) is 94.7 cm³/mol. The Balaban J connectivity index is 2.13. The van der Waals surface area contributed by atoms with Gasteiger partial charge < -0.3 is 20.7 Å². The van der Waals surface area contributed by atoms with Crippen molar-refractivity contribution < 1.29 is 5.11 Å². The maximum absolute atomic E-state index is 9.62. The lowest BCUT2D eigenvalue weighted by Crippen LogP contribution is -2.28. The van der Waals surface area contributed by atoms with Gasteiger partial charge >= 0.3 is 0 Å². The number of aryl methyl sites for hydroxylation is 2. The summed E-state index contributed by atoms with van der Waals surface area (Å²) in [6.45, 7) is 1.56. The number of benzene rings is 1. The van der Waals surface area contributed by atoms with Crippen LogP contribution in [0, 0.1) is 0 Å². The van der Waals surface area contributed by atoms with Crippen molar-refractivity contribution in [2.75, 3.05) is 18.4 Å². The van der Waals surface area contributed by atoms with Gasteiger partial charge in [0.25, 0.3) is 0 Å². The quantitative estimate of drug-likeness (QED) is 0.586. The van der Waals surface area contributed by atoms with Crippen molar-refractivity contribution in [3.8, 4) is 0 Å². The van der Waals surface area contributed by atoms with Crippen molar-refractivity contribution in [3.63, 3.8) is 0 Å². The Morgan fingerprint density at radius 3 is 2.76 bits per heavy atom. The lowest BCUT2D eigenvalue weighted by atomic mass is 10.0. The first-order valence-electron chi connectivity index (χ1n) is 6.72. The van der Waals surface area contributed by atoms with Crippen LogP contribution >= 0.6 is 47.8 Å². The van der Waals surface area contributed by atoms with Gasteiger partial charge in [-0.2, -0.15) is 0 Å². The van der Waals surface area contributed by atoms with Gasteiger partial charge in [0.1, 0.15) is 5.52 Å². The van der Waals surface area contributed by atoms with E-state index in [0.717, 1.165) is 49.8 Å². The molecule has 1 aromatic carbocycles. The third-order valence-electron chi connectivity index (χ3n) is 3.69. The summed E-state index contributed by atoms with van der Waals surface area (Å²) < 4.78 is 5.19. The van der Waals surface area contributed by atoms with E-state index in [2.05, 4.69) is 57.7 Å². The van der Waals surface area contributed by atoms with Gasteiger partial charge in [0.2, 0.25) is 5.95 Å². The number of nitrogens with one attached hydrogen (secondary N) is 1. The minimum absolute atomic E-state index is 0.235. The van der Waals surface area contributed by atoms with Gasteiger partial charge in [-0.15, -0.1) is 0 Å². The van der Waals surface area contributed by atoms with Crippen LogP contribution in [0.25, 0.3) is 11.0 Å². The summed E-state index contributed by atoms with van der Waals surface area (Å²) in [4.78, 5) is 4.69. The van der Waals surface area contributed by atoms with Crippen molar-refractivity contribution >= 4 is 64.8 Å². The molecule has 0 spiro atoms. The number of aromatic nitrogens is 2. The highest BCUT2D eigenvalue weighted by atomic mass is 79.9. The van der Waals surface area contributed by atoms with Crippen molar-refractivity contribution in [3.05, 3.63) is 19.0 Å². The van der Waals surface area contributed by atoms with Crippen LogP contribution in [0.5, 0.6) is 0 Å². The molecule has 1 atom stereocenters. The first-order chi connectivity index (χ1) is 10.0. The zero-order valence-corrected chi connectivity index (χ0v) is 15.9. The molecular weight excluding hydrogens is 468 g/mol. The van der Waals surface area contributed by atoms with Crippen LogP contribution in [-0.4, -0.2) is 33.9 Å². The fourth-order valence-electron chi connectivity index (χ4n) is 2.64. The Hall–Kier alpha value is -0.150. The number of halogens is 3. The van der Waals surface area contributed by atoms with Gasteiger partial charge in [0, 0.05) is 28.6 Å². The number of hydrogen-bond donors (Lipinski definition) is 3. The largest absolute Gasteiger partial charge is 0.390 e. The zero-order valence-electron chi connectivity index (χ0n) is 11.2. The van der Waals surface area contributed by atoms with E-state index >= 15 is 0 Å². The van der Waals surface area contributed by atoms with Crippen LogP contribution < -0.4 is 11.1 Å². The summed E-state index contributed by atoms with van der Waals surface area (Å²) in [6, 6.07) is 0. The Morgan fingerprint density at radius 2 is 2.05 bits per heavy atom. The van der Waals surface area contributed by atoms with Crippen LogP contribution in [0.4, 0.5) is 5.95 Å². The van der Waals surface area contributed by atoms with Crippen LogP contribution in [0.2, 0.25) is 0 Å². The molecule has 0 saturated carbocycles. The highest BCUT2D eigenvalue weighted by Gasteiger charge is 2.24. The molecule has 4 N–H and O–H groups in total. The summed E-state index contributed by atoms with van der Waals surface area (Å²) in [6.07, 6.45) is 1.53. The second kappa shape index (κ2) is 6.16. The van der Waals surface area contributed by atoms with Gasteiger partial charge in [-0.3, -0.25) is 0 Å². The number of anilines is 1. The van der Waals surface area contributed by atoms with Crippen molar-refractivity contribution in [2.45, 2.75) is 25.5 Å². The maximum Gasteiger partial charge on any atom is 0.204 e. The molecule has 0 amide bonds. The molecule has 0 saturated heterocycles. The average Bonchev–Trinajstić information content (AvgIpc) is 2.88. The van der Waals surface area contributed by atoms with Crippen LogP contribution in [-0.2, 0) is 13.0 Å². The Labute approximate surface area is 147 Å². The van der Waals surface area contributed by atoms with Gasteiger partial charge in [0.05, 0.1) is 16.1 Å². The Morgan fingerprint density at radius 1 is 1.29 bits per heavy atom. The van der Waals surface area contributed by atoms with Crippen molar-refractivity contribution in [1.29, 1.82) is 0 Å². The molecule has 0 radical (unpaired) electrons. The summed E-state index contributed by atoms with van der Waals surface area (Å²) in [7, 11) is 0. The van der Waals surface area contributed by atoms with Crippen LogP contribution in [0.1, 0.15) is 12.0 Å². The maximum atomic E-state index is 9.62. The first kappa shape index (κ1) is 15.7. The van der Waals surface area contributed by atoms with E-state index in [9.17, 15) is 5.11 Å². The molecule has 8 heteroatoms. The van der Waals surface area contributed by atoms with Crippen molar-refractivity contribution in [1.82, 2.24) is 9.55 Å². The molecule has 1 unspecified atom stereocenters. The second-order valence-corrected chi connectivity index (χ2v) is 7.46. The molecule has 21 heavy (non-hydrogen) atoms. The van der Waals surface area contributed by atoms with E-state index < -0.39 is 6.10 Å². The SMILES string of the molecule is NCC(O)CNc1nc2c(Br)c(Br)c(Br)c3c2n1CCC3. The summed E-state index contributed by atoms with van der Waals surface area (Å²) in [5.41, 5.74) is 8.79. The van der Waals surface area contributed by atoms with Gasteiger partial charge in [-0.25, -0.2) is 4.98 Å². The molecule has 1 aliphatic rings. The molecule has 0 fully saturated rings. The van der Waals surface area contributed by atoms with E-state index in [4.69, 9.17) is 10.7 Å². The van der Waals surface area contributed by atoms with E-state index in [1.807, 2.05) is 0 Å². The van der Waals surface area contributed by atoms with Crippen LogP contribution in [0.15, 0.2) is 13.4 Å². The minimum atomic E-state index is -0.567. The second-order valence-electron chi connectivity index (χ2n) is 5.08. The monoisotopic (exact) mass is 480 g/mol. The predicted octanol–water partition coefficient (Wildman–Crippen LogP) is 3.00. The molecule has 3 rings (SSSR count). The summed E-state index contributed by atoms with van der Waals surface area (Å²) in [5.74, 6) is 0.782. The third-order valence-corrected chi connectivity index (χ3v) is 7.19. The number of rotatable bonds is 4.